The Morgan fingerprint density at radius 2 is 2.00 bits per heavy atom. The summed E-state index contributed by atoms with van der Waals surface area (Å²) >= 11 is 0. The van der Waals surface area contributed by atoms with E-state index in [4.69, 9.17) is 0 Å². The van der Waals surface area contributed by atoms with Gasteiger partial charge in [-0.1, -0.05) is 12.8 Å². The number of nitrogens with zero attached hydrogens (tertiary/aromatic N) is 2. The molecule has 2 rings (SSSR count). The van der Waals surface area contributed by atoms with Gasteiger partial charge in [0.1, 0.15) is 11.4 Å². The molecule has 1 aromatic heterocycles. The van der Waals surface area contributed by atoms with E-state index in [9.17, 15) is 9.90 Å². The molecular formula is C12H17N3O2. The van der Waals surface area contributed by atoms with Crippen molar-refractivity contribution in [2.75, 3.05) is 5.32 Å². The lowest BCUT2D eigenvalue weighted by Gasteiger charge is -2.25. The van der Waals surface area contributed by atoms with Gasteiger partial charge in [-0.2, -0.15) is 0 Å². The molecule has 1 aliphatic carbocycles. The van der Waals surface area contributed by atoms with Crippen LogP contribution in [0, 0.1) is 13.8 Å². The summed E-state index contributed by atoms with van der Waals surface area (Å²) in [6, 6.07) is 0. The molecule has 2 N–H and O–H groups in total. The zero-order chi connectivity index (χ0) is 12.5. The summed E-state index contributed by atoms with van der Waals surface area (Å²) in [6.45, 7) is 3.75. The minimum absolute atomic E-state index is 0.553. The third-order valence-electron chi connectivity index (χ3n) is 3.43. The van der Waals surface area contributed by atoms with E-state index >= 15 is 0 Å². The highest BCUT2D eigenvalue weighted by Crippen LogP contribution is 2.32. The molecule has 1 aromatic rings. The van der Waals surface area contributed by atoms with Crippen molar-refractivity contribution in [2.24, 2.45) is 0 Å². The van der Waals surface area contributed by atoms with E-state index in [1.54, 1.807) is 6.20 Å². The number of rotatable bonds is 3. The number of aromatic nitrogens is 2. The average Bonchev–Trinajstić information content (AvgIpc) is 2.73. The van der Waals surface area contributed by atoms with Crippen LogP contribution in [0.1, 0.15) is 37.1 Å². The topological polar surface area (TPSA) is 75.1 Å². The molecule has 5 nitrogen and oxygen atoms in total. The van der Waals surface area contributed by atoms with Crippen LogP contribution >= 0.6 is 0 Å². The van der Waals surface area contributed by atoms with Crippen LogP contribution in [0.5, 0.6) is 0 Å². The highest BCUT2D eigenvalue weighted by Gasteiger charge is 2.41. The fourth-order valence-corrected chi connectivity index (χ4v) is 2.22. The Balaban J connectivity index is 2.23. The Morgan fingerprint density at radius 3 is 2.53 bits per heavy atom. The molecule has 92 valence electrons. The number of carboxylic acid groups (broad SMARTS) is 1. The van der Waals surface area contributed by atoms with Gasteiger partial charge in [-0.15, -0.1) is 0 Å². The molecule has 1 aliphatic rings. The molecule has 1 fully saturated rings. The van der Waals surface area contributed by atoms with E-state index in [1.807, 2.05) is 13.8 Å². The molecule has 1 heterocycles. The first-order chi connectivity index (χ1) is 8.03. The van der Waals surface area contributed by atoms with Gasteiger partial charge in [0.15, 0.2) is 0 Å². The van der Waals surface area contributed by atoms with E-state index in [0.29, 0.717) is 18.7 Å². The quantitative estimate of drug-likeness (QED) is 0.837. The summed E-state index contributed by atoms with van der Waals surface area (Å²) in [4.78, 5) is 19.9. The van der Waals surface area contributed by atoms with Gasteiger partial charge in [-0.05, 0) is 26.7 Å². The largest absolute Gasteiger partial charge is 0.480 e. The van der Waals surface area contributed by atoms with E-state index in [0.717, 1.165) is 24.2 Å². The molecule has 17 heavy (non-hydrogen) atoms. The van der Waals surface area contributed by atoms with Crippen LogP contribution in [-0.4, -0.2) is 26.6 Å². The van der Waals surface area contributed by atoms with Gasteiger partial charge in [0, 0.05) is 0 Å². The lowest BCUT2D eigenvalue weighted by Crippen LogP contribution is -2.44. The van der Waals surface area contributed by atoms with Gasteiger partial charge in [0.2, 0.25) is 0 Å². The minimum atomic E-state index is -0.851. The molecule has 1 saturated carbocycles. The van der Waals surface area contributed by atoms with E-state index in [-0.39, 0.29) is 0 Å². The van der Waals surface area contributed by atoms with Crippen molar-refractivity contribution >= 4 is 11.8 Å². The van der Waals surface area contributed by atoms with Crippen LogP contribution in [0.3, 0.4) is 0 Å². The van der Waals surface area contributed by atoms with Gasteiger partial charge in [-0.3, -0.25) is 4.98 Å². The highest BCUT2D eigenvalue weighted by atomic mass is 16.4. The van der Waals surface area contributed by atoms with Crippen molar-refractivity contribution in [2.45, 2.75) is 45.1 Å². The normalized spacial score (nSPS) is 18.0. The van der Waals surface area contributed by atoms with Crippen LogP contribution < -0.4 is 5.32 Å². The zero-order valence-electron chi connectivity index (χ0n) is 10.2. The number of nitrogens with one attached hydrogen (secondary N) is 1. The Morgan fingerprint density at radius 1 is 1.35 bits per heavy atom. The molecule has 0 amide bonds. The fraction of sp³-hybridized carbons (Fsp3) is 0.583. The standard InChI is InChI=1S/C12H17N3O2/c1-8-9(2)14-10(7-13-8)15-12(11(16)17)5-3-4-6-12/h7H,3-6H2,1-2H3,(H,14,15)(H,16,17). The van der Waals surface area contributed by atoms with E-state index < -0.39 is 11.5 Å². The first kappa shape index (κ1) is 11.8. The summed E-state index contributed by atoms with van der Waals surface area (Å²) in [6.07, 6.45) is 4.79. The van der Waals surface area contributed by atoms with Crippen molar-refractivity contribution in [3.63, 3.8) is 0 Å². The van der Waals surface area contributed by atoms with E-state index in [2.05, 4.69) is 15.3 Å². The Bertz CT molecular complexity index is 439. The summed E-state index contributed by atoms with van der Waals surface area (Å²) in [5.41, 5.74) is 0.844. The Kier molecular flexibility index (Phi) is 3.00. The third kappa shape index (κ3) is 2.23. The second kappa shape index (κ2) is 4.31. The molecular weight excluding hydrogens is 218 g/mol. The van der Waals surface area contributed by atoms with E-state index in [1.165, 1.54) is 0 Å². The first-order valence-corrected chi connectivity index (χ1v) is 5.85. The maximum Gasteiger partial charge on any atom is 0.329 e. The zero-order valence-corrected chi connectivity index (χ0v) is 10.2. The smallest absolute Gasteiger partial charge is 0.329 e. The van der Waals surface area contributed by atoms with Crippen molar-refractivity contribution < 1.29 is 9.90 Å². The number of hydrogen-bond donors (Lipinski definition) is 2. The lowest BCUT2D eigenvalue weighted by atomic mass is 9.98. The fourth-order valence-electron chi connectivity index (χ4n) is 2.22. The van der Waals surface area contributed by atoms with Gasteiger partial charge in [0.05, 0.1) is 17.6 Å². The van der Waals surface area contributed by atoms with Crippen LogP contribution in [0.25, 0.3) is 0 Å². The third-order valence-corrected chi connectivity index (χ3v) is 3.43. The summed E-state index contributed by atoms with van der Waals surface area (Å²) in [5, 5.41) is 12.4. The van der Waals surface area contributed by atoms with Gasteiger partial charge in [0.25, 0.3) is 0 Å². The maximum atomic E-state index is 11.4. The molecule has 0 unspecified atom stereocenters. The van der Waals surface area contributed by atoms with Gasteiger partial charge < -0.3 is 10.4 Å². The Labute approximate surface area is 100 Å². The van der Waals surface area contributed by atoms with Crippen LogP contribution in [0.15, 0.2) is 6.20 Å². The monoisotopic (exact) mass is 235 g/mol. The van der Waals surface area contributed by atoms with Gasteiger partial charge >= 0.3 is 5.97 Å². The second-order valence-corrected chi connectivity index (χ2v) is 4.65. The number of carbonyl (C=O) groups is 1. The molecule has 0 aromatic carbocycles. The van der Waals surface area contributed by atoms with Gasteiger partial charge in [-0.25, -0.2) is 9.78 Å². The molecule has 0 saturated heterocycles. The lowest BCUT2D eigenvalue weighted by molar-refractivity contribution is -0.142. The predicted octanol–water partition coefficient (Wildman–Crippen LogP) is 1.90. The van der Waals surface area contributed by atoms with Crippen molar-refractivity contribution in [3.8, 4) is 0 Å². The molecule has 0 aliphatic heterocycles. The van der Waals surface area contributed by atoms with Crippen LogP contribution in [0.2, 0.25) is 0 Å². The maximum absolute atomic E-state index is 11.4. The van der Waals surface area contributed by atoms with Crippen LogP contribution in [0.4, 0.5) is 5.82 Å². The molecule has 0 atom stereocenters. The summed E-state index contributed by atoms with van der Waals surface area (Å²) < 4.78 is 0. The average molecular weight is 235 g/mol. The molecule has 0 radical (unpaired) electrons. The molecule has 0 bridgehead atoms. The number of aliphatic carboxylic acids is 1. The van der Waals surface area contributed by atoms with Crippen LogP contribution in [-0.2, 0) is 4.79 Å². The number of carboxylic acids is 1. The Hall–Kier alpha value is -1.65. The first-order valence-electron chi connectivity index (χ1n) is 5.85. The number of hydrogen-bond acceptors (Lipinski definition) is 4. The van der Waals surface area contributed by atoms with Crippen molar-refractivity contribution in [1.82, 2.24) is 9.97 Å². The summed E-state index contributed by atoms with van der Waals surface area (Å²) in [5.74, 6) is -0.243. The number of aryl methyl sites for hydroxylation is 2. The summed E-state index contributed by atoms with van der Waals surface area (Å²) in [7, 11) is 0. The SMILES string of the molecule is Cc1ncc(NC2(C(=O)O)CCCC2)nc1C. The molecule has 5 heteroatoms. The predicted molar refractivity (Wildman–Crippen MR) is 64.0 cm³/mol. The van der Waals surface area contributed by atoms with Crippen molar-refractivity contribution in [3.05, 3.63) is 17.6 Å². The van der Waals surface area contributed by atoms with Crippen molar-refractivity contribution in [1.29, 1.82) is 0 Å². The second-order valence-electron chi connectivity index (χ2n) is 4.65. The number of anilines is 1. The minimum Gasteiger partial charge on any atom is -0.480 e. The molecule has 0 spiro atoms. The highest BCUT2D eigenvalue weighted by molar-refractivity contribution is 5.82.